The third-order valence-corrected chi connectivity index (χ3v) is 10.7. The first-order valence-corrected chi connectivity index (χ1v) is 17.9. The minimum Gasteiger partial charge on any atom is -0.507 e. The number of ketones is 1. The van der Waals surface area contributed by atoms with E-state index >= 15 is 0 Å². The van der Waals surface area contributed by atoms with E-state index in [1.807, 2.05) is 86.6 Å². The van der Waals surface area contributed by atoms with Crippen molar-refractivity contribution in [1.82, 2.24) is 10.2 Å². The van der Waals surface area contributed by atoms with Crippen LogP contribution in [-0.4, -0.2) is 41.1 Å². The molecule has 0 aliphatic carbocycles. The van der Waals surface area contributed by atoms with Crippen LogP contribution >= 0.6 is 23.1 Å². The van der Waals surface area contributed by atoms with E-state index in [1.165, 1.54) is 33.4 Å². The van der Waals surface area contributed by atoms with Gasteiger partial charge in [-0.3, -0.25) is 14.5 Å². The molecule has 1 amide bonds. The molecule has 0 radical (unpaired) electrons. The number of aromatic nitrogens is 2. The minimum absolute atomic E-state index is 0.0128. The second-order valence-electron chi connectivity index (χ2n) is 12.2. The molecule has 250 valence electrons. The average Bonchev–Trinajstić information content (AvgIpc) is 3.71. The number of rotatable bonds is 10. The summed E-state index contributed by atoms with van der Waals surface area (Å²) >= 11 is 2.77. The number of ether oxygens (including phenoxy) is 1. The number of anilines is 2. The van der Waals surface area contributed by atoms with Crippen molar-refractivity contribution in [3.8, 4) is 5.75 Å². The lowest BCUT2D eigenvalue weighted by Crippen LogP contribution is -2.29. The van der Waals surface area contributed by atoms with Crippen LogP contribution in [0.15, 0.2) is 125 Å². The largest absolute Gasteiger partial charge is 0.507 e. The van der Waals surface area contributed by atoms with E-state index in [4.69, 9.17) is 4.74 Å². The molecule has 1 aliphatic rings. The molecule has 6 aromatic rings. The number of hydrogen-bond donors (Lipinski definition) is 1. The monoisotopic (exact) mass is 698 g/mol. The Balaban J connectivity index is 1.19. The van der Waals surface area contributed by atoms with Gasteiger partial charge in [0.15, 0.2) is 4.34 Å². The highest BCUT2D eigenvalue weighted by Gasteiger charge is 2.48. The summed E-state index contributed by atoms with van der Waals surface area (Å²) in [6.07, 6.45) is 0. The number of aryl methyl sites for hydroxylation is 1. The second kappa shape index (κ2) is 14.2. The van der Waals surface area contributed by atoms with Crippen molar-refractivity contribution in [1.29, 1.82) is 0 Å². The van der Waals surface area contributed by atoms with E-state index < -0.39 is 17.7 Å². The Morgan fingerprint density at radius 2 is 1.64 bits per heavy atom. The van der Waals surface area contributed by atoms with Gasteiger partial charge in [0.05, 0.1) is 11.6 Å². The number of carbonyl (C=O) groups is 2. The van der Waals surface area contributed by atoms with Crippen molar-refractivity contribution >= 4 is 62.1 Å². The summed E-state index contributed by atoms with van der Waals surface area (Å²) in [6, 6.07) is 36.1. The molecule has 2 heterocycles. The Hall–Kier alpha value is -5.45. The number of hydrogen-bond acceptors (Lipinski definition) is 9. The summed E-state index contributed by atoms with van der Waals surface area (Å²) in [4.78, 5) is 30.9. The normalized spacial score (nSPS) is 15.5. The first kappa shape index (κ1) is 33.1. The highest BCUT2D eigenvalue weighted by molar-refractivity contribution is 8.00. The van der Waals surface area contributed by atoms with Crippen LogP contribution in [0.1, 0.15) is 33.9 Å². The molecule has 0 bridgehead atoms. The Kier molecular flexibility index (Phi) is 9.38. The topological polar surface area (TPSA) is 95.9 Å². The molecule has 1 aromatic heterocycles. The Bertz CT molecular complexity index is 2220. The van der Waals surface area contributed by atoms with Gasteiger partial charge < -0.3 is 14.7 Å². The van der Waals surface area contributed by atoms with Crippen molar-refractivity contribution in [3.05, 3.63) is 149 Å². The first-order valence-electron chi connectivity index (χ1n) is 16.1. The third-order valence-electron chi connectivity index (χ3n) is 8.62. The van der Waals surface area contributed by atoms with E-state index in [-0.39, 0.29) is 16.5 Å². The molecule has 8 nitrogen and oxygen atoms in total. The molecule has 1 saturated heterocycles. The zero-order valence-electron chi connectivity index (χ0n) is 27.7. The lowest BCUT2D eigenvalue weighted by Gasteiger charge is -2.23. The van der Waals surface area contributed by atoms with Crippen LogP contribution in [0.25, 0.3) is 16.5 Å². The summed E-state index contributed by atoms with van der Waals surface area (Å²) in [6.45, 7) is 2.43. The van der Waals surface area contributed by atoms with Crippen LogP contribution < -0.4 is 14.5 Å². The SMILES string of the molecule is Cc1cccc(COc2ccc(/C(O)=C3\C(=O)C(=O)N(c4nnc(SCc5cccc6ccccc56)s4)C3c3ccc(N(C)C)cc3)cc2)c1. The van der Waals surface area contributed by atoms with Gasteiger partial charge in [0.1, 0.15) is 18.1 Å². The van der Waals surface area contributed by atoms with Gasteiger partial charge in [0.25, 0.3) is 5.78 Å². The van der Waals surface area contributed by atoms with Gasteiger partial charge in [0, 0.05) is 31.1 Å². The fraction of sp³-hybridized carbons (Fsp3) is 0.150. The number of benzene rings is 5. The Morgan fingerprint density at radius 1 is 0.900 bits per heavy atom. The molecule has 1 aliphatic heterocycles. The van der Waals surface area contributed by atoms with Gasteiger partial charge in [-0.1, -0.05) is 108 Å². The van der Waals surface area contributed by atoms with Crippen molar-refractivity contribution in [3.63, 3.8) is 0 Å². The molecular formula is C40H34N4O4S2. The standard InChI is InChI=1S/C40H34N4O4S2/c1-25-8-6-9-26(22-25)23-48-32-20-16-29(17-21-32)36(45)34-35(28-14-18-31(19-15-28)43(2)3)44(38(47)37(34)46)39-41-42-40(50-39)49-24-30-12-7-11-27-10-4-5-13-33(27)30/h4-22,35,45H,23-24H2,1-3H3/b36-34+. The highest BCUT2D eigenvalue weighted by Crippen LogP contribution is 2.44. The van der Waals surface area contributed by atoms with Crippen molar-refractivity contribution < 1.29 is 19.4 Å². The van der Waals surface area contributed by atoms with E-state index in [2.05, 4.69) is 40.5 Å². The van der Waals surface area contributed by atoms with Crippen LogP contribution in [0.4, 0.5) is 10.8 Å². The molecular weight excluding hydrogens is 665 g/mol. The third kappa shape index (κ3) is 6.72. The zero-order chi connectivity index (χ0) is 34.8. The summed E-state index contributed by atoms with van der Waals surface area (Å²) < 4.78 is 6.63. The summed E-state index contributed by atoms with van der Waals surface area (Å²) in [7, 11) is 3.88. The van der Waals surface area contributed by atoms with Crippen LogP contribution in [0.5, 0.6) is 5.75 Å². The lowest BCUT2D eigenvalue weighted by atomic mass is 9.95. The fourth-order valence-electron chi connectivity index (χ4n) is 6.05. The van der Waals surface area contributed by atoms with Crippen LogP contribution in [0.3, 0.4) is 0 Å². The van der Waals surface area contributed by atoms with Gasteiger partial charge in [-0.25, -0.2) is 0 Å². The van der Waals surface area contributed by atoms with Gasteiger partial charge in [-0.05, 0) is 70.8 Å². The van der Waals surface area contributed by atoms with Crippen LogP contribution in [0, 0.1) is 6.92 Å². The van der Waals surface area contributed by atoms with E-state index in [1.54, 1.807) is 24.3 Å². The van der Waals surface area contributed by atoms with Crippen LogP contribution in [-0.2, 0) is 21.9 Å². The van der Waals surface area contributed by atoms with Gasteiger partial charge in [-0.15, -0.1) is 10.2 Å². The van der Waals surface area contributed by atoms with Gasteiger partial charge in [0.2, 0.25) is 5.13 Å². The molecule has 10 heteroatoms. The summed E-state index contributed by atoms with van der Waals surface area (Å²) in [5.74, 6) is -0.554. The molecule has 1 unspecified atom stereocenters. The van der Waals surface area contributed by atoms with Crippen LogP contribution in [0.2, 0.25) is 0 Å². The molecule has 1 fully saturated rings. The maximum Gasteiger partial charge on any atom is 0.301 e. The highest BCUT2D eigenvalue weighted by atomic mass is 32.2. The molecule has 1 atom stereocenters. The van der Waals surface area contributed by atoms with Crippen molar-refractivity contribution in [2.24, 2.45) is 0 Å². The molecule has 0 spiro atoms. The zero-order valence-corrected chi connectivity index (χ0v) is 29.4. The first-order chi connectivity index (χ1) is 24.3. The lowest BCUT2D eigenvalue weighted by molar-refractivity contribution is -0.132. The van der Waals surface area contributed by atoms with Gasteiger partial charge >= 0.3 is 5.91 Å². The molecule has 7 rings (SSSR count). The Labute approximate surface area is 298 Å². The quantitative estimate of drug-likeness (QED) is 0.0500. The van der Waals surface area contributed by atoms with E-state index in [0.717, 1.165) is 27.8 Å². The van der Waals surface area contributed by atoms with Crippen molar-refractivity contribution in [2.75, 3.05) is 23.9 Å². The van der Waals surface area contributed by atoms with Gasteiger partial charge in [-0.2, -0.15) is 0 Å². The number of carbonyl (C=O) groups excluding carboxylic acids is 2. The number of aliphatic hydroxyl groups is 1. The van der Waals surface area contributed by atoms with E-state index in [0.29, 0.717) is 33.6 Å². The maximum absolute atomic E-state index is 13.8. The number of nitrogens with zero attached hydrogens (tertiary/aromatic N) is 4. The predicted octanol–water partition coefficient (Wildman–Crippen LogP) is 8.56. The number of thioether (sulfide) groups is 1. The number of amides is 1. The average molecular weight is 699 g/mol. The summed E-state index contributed by atoms with van der Waals surface area (Å²) in [5, 5.41) is 23.1. The second-order valence-corrected chi connectivity index (χ2v) is 14.4. The van der Waals surface area contributed by atoms with E-state index in [9.17, 15) is 14.7 Å². The summed E-state index contributed by atoms with van der Waals surface area (Å²) in [5.41, 5.74) is 5.36. The smallest absolute Gasteiger partial charge is 0.301 e. The molecule has 5 aromatic carbocycles. The number of fused-ring (bicyclic) bond motifs is 1. The number of aliphatic hydroxyl groups excluding tert-OH is 1. The molecule has 50 heavy (non-hydrogen) atoms. The molecule has 1 N–H and O–H groups in total. The predicted molar refractivity (Wildman–Crippen MR) is 201 cm³/mol. The minimum atomic E-state index is -0.910. The maximum atomic E-state index is 13.8. The molecule has 0 saturated carbocycles. The Morgan fingerprint density at radius 3 is 2.40 bits per heavy atom. The number of Topliss-reactive ketones (excluding diaryl/α,β-unsaturated/α-hetero) is 1. The fourth-order valence-corrected chi connectivity index (χ4v) is 7.92. The van der Waals surface area contributed by atoms with Crippen molar-refractivity contribution in [2.45, 2.75) is 29.7 Å².